The summed E-state index contributed by atoms with van der Waals surface area (Å²) in [4.78, 5) is 4.54. The molecule has 0 unspecified atom stereocenters. The number of rotatable bonds is 7. The van der Waals surface area contributed by atoms with Gasteiger partial charge in [-0.3, -0.25) is 0 Å². The van der Waals surface area contributed by atoms with Crippen LogP contribution in [0.3, 0.4) is 0 Å². The van der Waals surface area contributed by atoms with Crippen molar-refractivity contribution in [3.8, 4) is 33.8 Å². The van der Waals surface area contributed by atoms with Crippen LogP contribution in [0.4, 0.5) is 28.4 Å². The third-order valence-corrected chi connectivity index (χ3v) is 8.84. The van der Waals surface area contributed by atoms with Gasteiger partial charge < -0.3 is 24.6 Å². The zero-order valence-corrected chi connectivity index (χ0v) is 29.8. The van der Waals surface area contributed by atoms with E-state index in [0.717, 1.165) is 56.1 Å². The van der Waals surface area contributed by atoms with Gasteiger partial charge in [-0.1, -0.05) is 125 Å². The maximum absolute atomic E-state index is 6.34. The molecule has 9 rings (SSSR count). The van der Waals surface area contributed by atoms with Crippen LogP contribution in [-0.4, -0.2) is 12.1 Å². The molecule has 0 amide bonds. The van der Waals surface area contributed by atoms with Gasteiger partial charge in [0.15, 0.2) is 0 Å². The predicted octanol–water partition coefficient (Wildman–Crippen LogP) is 11.1. The molecule has 51 heavy (non-hydrogen) atoms. The van der Waals surface area contributed by atoms with Crippen molar-refractivity contribution in [2.45, 2.75) is 0 Å². The van der Waals surface area contributed by atoms with Crippen molar-refractivity contribution < 1.29 is 25.8 Å². The Morgan fingerprint density at radius 1 is 0.529 bits per heavy atom. The van der Waals surface area contributed by atoms with Crippen LogP contribution in [0, 0.1) is 25.5 Å². The topological polar surface area (TPSA) is 46.9 Å². The van der Waals surface area contributed by atoms with Gasteiger partial charge in [-0.2, -0.15) is 12.1 Å². The number of ether oxygens (including phenoxy) is 1. The van der Waals surface area contributed by atoms with Gasteiger partial charge in [-0.05, 0) is 29.6 Å². The molecule has 2 heterocycles. The Bertz CT molecular complexity index is 2310. The summed E-state index contributed by atoms with van der Waals surface area (Å²) in [5, 5.41) is 13.8. The van der Waals surface area contributed by atoms with Crippen LogP contribution in [0.2, 0.25) is 0 Å². The first-order valence-electron chi connectivity index (χ1n) is 16.4. The van der Waals surface area contributed by atoms with E-state index in [2.05, 4.69) is 160 Å². The number of fused-ring (bicyclic) bond motifs is 3. The number of hydrogen-bond acceptors (Lipinski definition) is 7. The normalized spacial score (nSPS) is 13.4. The first-order chi connectivity index (χ1) is 24.7. The third-order valence-electron chi connectivity index (χ3n) is 8.84. The van der Waals surface area contributed by atoms with E-state index in [-0.39, 0.29) is 21.1 Å². The summed E-state index contributed by atoms with van der Waals surface area (Å²) in [6.45, 7) is 3.95. The van der Waals surface area contributed by atoms with Crippen molar-refractivity contribution in [2.24, 2.45) is 10.4 Å². The zero-order chi connectivity index (χ0) is 33.4. The van der Waals surface area contributed by atoms with E-state index in [0.29, 0.717) is 11.5 Å². The molecule has 7 nitrogen and oxygen atoms in total. The number of benzene rings is 7. The van der Waals surface area contributed by atoms with Crippen molar-refractivity contribution in [3.05, 3.63) is 177 Å². The Morgan fingerprint density at radius 3 is 1.80 bits per heavy atom. The fourth-order valence-corrected chi connectivity index (χ4v) is 6.60. The standard InChI is InChI=1S/C43H30N6O.Pt/c1-46-29-49(45-44-46)35-19-11-21-37(28-35)50-36-20-10-18-34(27-36)47-30-48(43-40-22-9-8-17-33(40)25-26-41(43)47)42-38(31-13-4-2-5-14-31)23-12-24-39(42)32-15-6-3-7-16-32;/h2-26,29-30H,1H3;/q-4;+4. The van der Waals surface area contributed by atoms with Crippen LogP contribution in [-0.2, 0) is 21.1 Å². The number of anilines is 5. The summed E-state index contributed by atoms with van der Waals surface area (Å²) < 4.78 is 6.34. The van der Waals surface area contributed by atoms with E-state index < -0.39 is 0 Å². The minimum absolute atomic E-state index is 0. The van der Waals surface area contributed by atoms with Crippen LogP contribution < -0.4 is 19.5 Å². The van der Waals surface area contributed by atoms with Crippen LogP contribution >= 0.6 is 0 Å². The molecule has 2 aliphatic rings. The monoisotopic (exact) mass is 841 g/mol. The second kappa shape index (κ2) is 13.8. The SMILES string of the molecule is CN1[CH-]N(c2[c-]c(Oc3[c-]c(N4[CH-]N(c5c(-c6ccccc6)cccc5-c5ccccc5)c5c4ccc4ccccc54)ccc3)ccc2)N=N1.[Pt+4]. The van der Waals surface area contributed by atoms with E-state index in [4.69, 9.17) is 4.74 Å². The summed E-state index contributed by atoms with van der Waals surface area (Å²) in [6, 6.07) is 59.2. The second-order valence-corrected chi connectivity index (χ2v) is 12.1. The molecule has 7 aromatic rings. The molecule has 248 valence electrons. The van der Waals surface area contributed by atoms with Gasteiger partial charge in [0.2, 0.25) is 0 Å². The van der Waals surface area contributed by atoms with E-state index in [9.17, 15) is 0 Å². The molecule has 0 atom stereocenters. The molecule has 0 radical (unpaired) electrons. The summed E-state index contributed by atoms with van der Waals surface area (Å²) >= 11 is 0. The third kappa shape index (κ3) is 6.11. The van der Waals surface area contributed by atoms with Gasteiger partial charge in [0.25, 0.3) is 0 Å². The molecular weight excluding hydrogens is 812 g/mol. The number of nitrogens with zero attached hydrogens (tertiary/aromatic N) is 6. The average Bonchev–Trinajstić information content (AvgIpc) is 3.80. The van der Waals surface area contributed by atoms with Gasteiger partial charge in [0, 0.05) is 45.1 Å². The predicted molar refractivity (Wildman–Crippen MR) is 200 cm³/mol. The molecule has 8 heteroatoms. The fourth-order valence-electron chi connectivity index (χ4n) is 6.60. The summed E-state index contributed by atoms with van der Waals surface area (Å²) in [6.07, 6.45) is 0. The minimum Gasteiger partial charge on any atom is -0.509 e. The Balaban J connectivity index is 0.00000374. The van der Waals surface area contributed by atoms with E-state index in [1.807, 2.05) is 37.4 Å². The smallest absolute Gasteiger partial charge is 0.509 e. The van der Waals surface area contributed by atoms with Crippen LogP contribution in [0.5, 0.6) is 11.5 Å². The summed E-state index contributed by atoms with van der Waals surface area (Å²) in [7, 11) is 1.82. The molecule has 0 aromatic heterocycles. The fraction of sp³-hybridized carbons (Fsp3) is 0.0233. The van der Waals surface area contributed by atoms with Gasteiger partial charge in [-0.25, -0.2) is 0 Å². The Labute approximate surface area is 311 Å². The Morgan fingerprint density at radius 2 is 1.14 bits per heavy atom. The molecule has 0 saturated carbocycles. The minimum atomic E-state index is 0. The maximum Gasteiger partial charge on any atom is 4.00 e. The quantitative estimate of drug-likeness (QED) is 0.150. The first-order valence-corrected chi connectivity index (χ1v) is 16.4. The molecule has 0 saturated heterocycles. The van der Waals surface area contributed by atoms with Crippen molar-refractivity contribution >= 4 is 39.2 Å². The van der Waals surface area contributed by atoms with Crippen molar-refractivity contribution in [1.82, 2.24) is 5.01 Å². The Kier molecular flexibility index (Phi) is 8.72. The van der Waals surface area contributed by atoms with Crippen LogP contribution in [0.1, 0.15) is 0 Å². The molecule has 0 spiro atoms. The van der Waals surface area contributed by atoms with E-state index in [1.54, 1.807) is 16.7 Å². The van der Waals surface area contributed by atoms with Crippen LogP contribution in [0.15, 0.2) is 162 Å². The van der Waals surface area contributed by atoms with Gasteiger partial charge in [0.1, 0.15) is 0 Å². The molecule has 7 aromatic carbocycles. The van der Waals surface area contributed by atoms with Crippen molar-refractivity contribution in [1.29, 1.82) is 0 Å². The number of para-hydroxylation sites is 1. The Hall–Kier alpha value is -5.91. The largest absolute Gasteiger partial charge is 4.00 e. The van der Waals surface area contributed by atoms with Gasteiger partial charge in [-0.15, -0.1) is 55.4 Å². The second-order valence-electron chi connectivity index (χ2n) is 12.1. The van der Waals surface area contributed by atoms with E-state index in [1.165, 1.54) is 5.39 Å². The summed E-state index contributed by atoms with van der Waals surface area (Å²) in [5.41, 5.74) is 9.40. The zero-order valence-electron chi connectivity index (χ0n) is 27.5. The van der Waals surface area contributed by atoms with Crippen LogP contribution in [0.25, 0.3) is 33.0 Å². The number of hydrogen-bond donors (Lipinski definition) is 0. The van der Waals surface area contributed by atoms with Crippen molar-refractivity contribution in [2.75, 3.05) is 21.9 Å². The summed E-state index contributed by atoms with van der Waals surface area (Å²) in [5.74, 6) is 1.13. The molecule has 2 aliphatic heterocycles. The molecule has 0 bridgehead atoms. The molecular formula is C43H30N6OPt. The van der Waals surface area contributed by atoms with Gasteiger partial charge in [0.05, 0.1) is 0 Å². The molecule has 0 aliphatic carbocycles. The van der Waals surface area contributed by atoms with E-state index >= 15 is 0 Å². The molecule has 0 N–H and O–H groups in total. The average molecular weight is 842 g/mol. The van der Waals surface area contributed by atoms with Crippen molar-refractivity contribution in [3.63, 3.8) is 0 Å². The molecule has 0 fully saturated rings. The first kappa shape index (κ1) is 32.3. The van der Waals surface area contributed by atoms with Gasteiger partial charge >= 0.3 is 21.1 Å². The maximum atomic E-state index is 6.34.